The molecule has 1 N–H and O–H groups in total. The van der Waals surface area contributed by atoms with Gasteiger partial charge in [-0.25, -0.2) is 4.39 Å². The number of carbonyl (C=O) groups excluding carboxylic acids is 2. The third-order valence-electron chi connectivity index (χ3n) is 6.65. The fourth-order valence-electron chi connectivity index (χ4n) is 4.62. The molecular formula is C24H30FN3O4S. The number of aliphatic carboxylic acids is 1. The number of nitrogens with zero attached hydrogens (tertiary/aromatic N) is 3. The van der Waals surface area contributed by atoms with Gasteiger partial charge in [0.1, 0.15) is 12.4 Å². The minimum atomic E-state index is -1.01. The summed E-state index contributed by atoms with van der Waals surface area (Å²) < 4.78 is 14.7. The molecule has 0 spiro atoms. The Morgan fingerprint density at radius 3 is 2.58 bits per heavy atom. The minimum Gasteiger partial charge on any atom is -0.480 e. The maximum Gasteiger partial charge on any atom is 0.323 e. The Morgan fingerprint density at radius 2 is 1.91 bits per heavy atom. The maximum atomic E-state index is 14.7. The van der Waals surface area contributed by atoms with E-state index in [-0.39, 0.29) is 41.8 Å². The van der Waals surface area contributed by atoms with E-state index in [4.69, 9.17) is 17.7 Å². The zero-order chi connectivity index (χ0) is 23.5. The van der Waals surface area contributed by atoms with Crippen LogP contribution in [0.1, 0.15) is 30.9 Å². The van der Waals surface area contributed by atoms with Gasteiger partial charge in [0.15, 0.2) is 5.78 Å². The van der Waals surface area contributed by atoms with E-state index in [0.717, 1.165) is 24.8 Å². The number of piperazine rings is 1. The molecule has 3 aliphatic rings. The number of carboxylic acids is 1. The highest BCUT2D eigenvalue weighted by molar-refractivity contribution is 7.81. The van der Waals surface area contributed by atoms with Crippen LogP contribution in [-0.2, 0) is 14.4 Å². The van der Waals surface area contributed by atoms with E-state index in [1.54, 1.807) is 18.2 Å². The van der Waals surface area contributed by atoms with Crippen LogP contribution in [0.2, 0.25) is 0 Å². The highest BCUT2D eigenvalue weighted by Crippen LogP contribution is 2.39. The van der Waals surface area contributed by atoms with Crippen molar-refractivity contribution < 1.29 is 23.9 Å². The third kappa shape index (κ3) is 5.83. The predicted octanol–water partition coefficient (Wildman–Crippen LogP) is 2.01. The molecule has 2 saturated heterocycles. The fourth-order valence-corrected chi connectivity index (χ4v) is 4.92. The first-order valence-electron chi connectivity index (χ1n) is 11.4. The number of hydrogen-bond donors (Lipinski definition) is 2. The van der Waals surface area contributed by atoms with Gasteiger partial charge in [-0.3, -0.25) is 24.2 Å². The van der Waals surface area contributed by atoms with Crippen molar-refractivity contribution in [1.29, 1.82) is 0 Å². The molecule has 0 bridgehead atoms. The summed E-state index contributed by atoms with van der Waals surface area (Å²) in [6, 6.07) is 5.93. The van der Waals surface area contributed by atoms with Crippen LogP contribution in [0.3, 0.4) is 0 Å². The minimum absolute atomic E-state index is 0.0175. The van der Waals surface area contributed by atoms with Crippen LogP contribution in [0, 0.1) is 11.7 Å². The van der Waals surface area contributed by atoms with E-state index < -0.39 is 12.0 Å². The average molecular weight is 476 g/mol. The lowest BCUT2D eigenvalue weighted by Crippen LogP contribution is -2.51. The van der Waals surface area contributed by atoms with Gasteiger partial charge in [-0.15, -0.1) is 0 Å². The summed E-state index contributed by atoms with van der Waals surface area (Å²) in [6.07, 6.45) is 4.56. The maximum absolute atomic E-state index is 14.7. The monoisotopic (exact) mass is 475 g/mol. The number of Topliss-reactive ketones (excluding diaryl/α,β-unsaturated/α-hetero) is 1. The number of amides is 1. The normalized spacial score (nSPS) is 24.8. The lowest BCUT2D eigenvalue weighted by molar-refractivity contribution is -0.146. The van der Waals surface area contributed by atoms with Gasteiger partial charge in [-0.1, -0.05) is 24.3 Å². The molecule has 1 amide bonds. The Kier molecular flexibility index (Phi) is 7.51. The molecule has 7 nitrogen and oxygen atoms in total. The molecule has 1 aromatic carbocycles. The van der Waals surface area contributed by atoms with E-state index in [1.807, 2.05) is 4.90 Å². The molecule has 3 fully saturated rings. The van der Waals surface area contributed by atoms with Gasteiger partial charge in [0.25, 0.3) is 0 Å². The Labute approximate surface area is 198 Å². The van der Waals surface area contributed by atoms with E-state index in [9.17, 15) is 18.8 Å². The van der Waals surface area contributed by atoms with Gasteiger partial charge < -0.3 is 10.0 Å². The van der Waals surface area contributed by atoms with E-state index in [2.05, 4.69) is 11.0 Å². The molecule has 2 heterocycles. The number of carbonyl (C=O) groups is 3. The molecule has 0 radical (unpaired) electrons. The molecule has 2 atom stereocenters. The van der Waals surface area contributed by atoms with Crippen LogP contribution in [0.4, 0.5) is 4.39 Å². The van der Waals surface area contributed by atoms with Crippen molar-refractivity contribution in [1.82, 2.24) is 14.7 Å². The van der Waals surface area contributed by atoms with Gasteiger partial charge in [-0.2, -0.15) is 12.6 Å². The Bertz CT molecular complexity index is 951. The molecular weight excluding hydrogens is 445 g/mol. The van der Waals surface area contributed by atoms with Crippen LogP contribution in [-0.4, -0.2) is 88.5 Å². The van der Waals surface area contributed by atoms with Gasteiger partial charge in [-0.05, 0) is 30.9 Å². The molecule has 1 aliphatic carbocycles. The van der Waals surface area contributed by atoms with Crippen molar-refractivity contribution in [2.45, 2.75) is 30.6 Å². The largest absolute Gasteiger partial charge is 0.480 e. The Hall–Kier alpha value is -2.23. The third-order valence-corrected chi connectivity index (χ3v) is 7.24. The first kappa shape index (κ1) is 23.9. The fraction of sp³-hybridized carbons (Fsp3) is 0.542. The number of thiol groups is 1. The quantitative estimate of drug-likeness (QED) is 0.442. The van der Waals surface area contributed by atoms with Crippen molar-refractivity contribution in [2.75, 3.05) is 45.8 Å². The highest BCUT2D eigenvalue weighted by Gasteiger charge is 2.40. The second-order valence-corrected chi connectivity index (χ2v) is 9.72. The van der Waals surface area contributed by atoms with Gasteiger partial charge in [0.05, 0.1) is 12.6 Å². The molecule has 2 aliphatic heterocycles. The number of hydrogen-bond acceptors (Lipinski definition) is 6. The van der Waals surface area contributed by atoms with Gasteiger partial charge >= 0.3 is 5.97 Å². The zero-order valence-electron chi connectivity index (χ0n) is 18.5. The SMILES string of the molecule is O=C(O)CN1CCN(C/C=C2\CN(C(C(=O)C3CC3)c3ccccc3F)CCC2S)CC1=O. The molecule has 2 unspecified atom stereocenters. The predicted molar refractivity (Wildman–Crippen MR) is 125 cm³/mol. The first-order chi connectivity index (χ1) is 15.8. The van der Waals surface area contributed by atoms with Crippen LogP contribution in [0.25, 0.3) is 0 Å². The number of benzene rings is 1. The highest BCUT2D eigenvalue weighted by atomic mass is 32.1. The summed E-state index contributed by atoms with van der Waals surface area (Å²) in [6.45, 7) is 2.63. The standard InChI is InChI=1S/C24H30FN3O4S/c25-19-4-2-1-3-18(19)23(24(32)16-5-6-16)28-10-8-20(33)17(13-28)7-9-26-11-12-27(15-22(30)31)21(29)14-26/h1-4,7,16,20,23,33H,5-6,8-15H2,(H,30,31)/b17-7+. The summed E-state index contributed by atoms with van der Waals surface area (Å²) in [5, 5.41) is 8.96. The summed E-state index contributed by atoms with van der Waals surface area (Å²) >= 11 is 4.73. The van der Waals surface area contributed by atoms with Crippen LogP contribution < -0.4 is 0 Å². The number of carboxylic acid groups (broad SMARTS) is 1. The van der Waals surface area contributed by atoms with Crippen molar-refractivity contribution in [3.63, 3.8) is 0 Å². The topological polar surface area (TPSA) is 81.2 Å². The van der Waals surface area contributed by atoms with Crippen molar-refractivity contribution in [3.05, 3.63) is 47.3 Å². The van der Waals surface area contributed by atoms with Crippen molar-refractivity contribution in [3.8, 4) is 0 Å². The van der Waals surface area contributed by atoms with E-state index in [0.29, 0.717) is 38.3 Å². The Balaban J connectivity index is 1.45. The second kappa shape index (κ2) is 10.4. The number of ketones is 1. The average Bonchev–Trinajstić information content (AvgIpc) is 3.62. The van der Waals surface area contributed by atoms with Crippen molar-refractivity contribution >= 4 is 30.3 Å². The number of rotatable bonds is 8. The Morgan fingerprint density at radius 1 is 1.15 bits per heavy atom. The second-order valence-electron chi connectivity index (χ2n) is 9.10. The number of piperidine rings is 1. The summed E-state index contributed by atoms with van der Waals surface area (Å²) in [7, 11) is 0. The molecule has 9 heteroatoms. The summed E-state index contributed by atoms with van der Waals surface area (Å²) in [5.74, 6) is -1.44. The molecule has 4 rings (SSSR count). The van der Waals surface area contributed by atoms with Gasteiger partial charge in [0.2, 0.25) is 5.91 Å². The summed E-state index contributed by atoms with van der Waals surface area (Å²) in [4.78, 5) is 41.7. The molecule has 1 saturated carbocycles. The molecule has 178 valence electrons. The van der Waals surface area contributed by atoms with Gasteiger partial charge in [0, 0.05) is 49.5 Å². The lowest BCUT2D eigenvalue weighted by atomic mass is 9.93. The molecule has 0 aromatic heterocycles. The zero-order valence-corrected chi connectivity index (χ0v) is 19.4. The molecule has 1 aromatic rings. The van der Waals surface area contributed by atoms with E-state index in [1.165, 1.54) is 11.0 Å². The molecule has 33 heavy (non-hydrogen) atoms. The van der Waals surface area contributed by atoms with Crippen molar-refractivity contribution in [2.24, 2.45) is 5.92 Å². The lowest BCUT2D eigenvalue weighted by Gasteiger charge is -2.38. The first-order valence-corrected chi connectivity index (χ1v) is 12.0. The van der Waals surface area contributed by atoms with Crippen LogP contribution >= 0.6 is 12.6 Å². The smallest absolute Gasteiger partial charge is 0.323 e. The van der Waals surface area contributed by atoms with Crippen LogP contribution in [0.15, 0.2) is 35.9 Å². The number of likely N-dealkylation sites (tertiary alicyclic amines) is 1. The van der Waals surface area contributed by atoms with Crippen LogP contribution in [0.5, 0.6) is 0 Å². The van der Waals surface area contributed by atoms with E-state index >= 15 is 0 Å². The summed E-state index contributed by atoms with van der Waals surface area (Å²) in [5.41, 5.74) is 1.50. The number of halogens is 1.